The van der Waals surface area contributed by atoms with E-state index in [1.54, 1.807) is 29.2 Å². The molecule has 1 amide bonds. The topological polar surface area (TPSA) is 29.5 Å². The van der Waals surface area contributed by atoms with Crippen LogP contribution < -0.4 is 0 Å². The predicted molar refractivity (Wildman–Crippen MR) is 86.1 cm³/mol. The molecule has 1 aromatic heterocycles. The zero-order valence-corrected chi connectivity index (χ0v) is 12.8. The fraction of sp³-hybridized carbons (Fsp3) is 0.235. The lowest BCUT2D eigenvalue weighted by Gasteiger charge is -2.25. The van der Waals surface area contributed by atoms with Crippen LogP contribution in [0, 0.1) is 5.82 Å². The van der Waals surface area contributed by atoms with Crippen LogP contribution >= 0.6 is 11.3 Å². The quantitative estimate of drug-likeness (QED) is 0.812. The first-order valence-corrected chi connectivity index (χ1v) is 7.95. The summed E-state index contributed by atoms with van der Waals surface area (Å²) in [7, 11) is 0. The number of rotatable bonds is 3. The molecule has 1 aromatic carbocycles. The van der Waals surface area contributed by atoms with E-state index in [-0.39, 0.29) is 11.7 Å². The highest BCUT2D eigenvalue weighted by Crippen LogP contribution is 2.30. The maximum Gasteiger partial charge on any atom is 0.246 e. The average molecular weight is 317 g/mol. The molecular formula is C17H16FNO2S. The second-order valence-corrected chi connectivity index (χ2v) is 6.07. The van der Waals surface area contributed by atoms with E-state index in [0.717, 1.165) is 9.75 Å². The van der Waals surface area contributed by atoms with E-state index >= 15 is 0 Å². The Labute approximate surface area is 132 Å². The molecule has 1 fully saturated rings. The van der Waals surface area contributed by atoms with Crippen LogP contribution in [0.2, 0.25) is 0 Å². The van der Waals surface area contributed by atoms with Crippen molar-refractivity contribution in [2.24, 2.45) is 0 Å². The SMILES string of the molecule is O=C(/C=C\c1ccc(-c2ccccc2F)s1)N1CCOCC1. The van der Waals surface area contributed by atoms with E-state index in [2.05, 4.69) is 0 Å². The van der Waals surface area contributed by atoms with E-state index in [0.29, 0.717) is 31.9 Å². The van der Waals surface area contributed by atoms with Crippen LogP contribution in [0.1, 0.15) is 4.88 Å². The van der Waals surface area contributed by atoms with Crippen molar-refractivity contribution in [2.75, 3.05) is 26.3 Å². The van der Waals surface area contributed by atoms with Crippen molar-refractivity contribution in [3.8, 4) is 10.4 Å². The molecule has 114 valence electrons. The zero-order chi connectivity index (χ0) is 15.4. The van der Waals surface area contributed by atoms with Crippen LogP contribution in [0.25, 0.3) is 16.5 Å². The lowest BCUT2D eigenvalue weighted by molar-refractivity contribution is -0.129. The second-order valence-electron chi connectivity index (χ2n) is 4.95. The van der Waals surface area contributed by atoms with E-state index in [4.69, 9.17) is 4.74 Å². The monoisotopic (exact) mass is 317 g/mol. The van der Waals surface area contributed by atoms with Crippen molar-refractivity contribution >= 4 is 23.3 Å². The molecule has 0 N–H and O–H groups in total. The summed E-state index contributed by atoms with van der Waals surface area (Å²) in [4.78, 5) is 15.6. The van der Waals surface area contributed by atoms with E-state index in [9.17, 15) is 9.18 Å². The first kappa shape index (κ1) is 14.9. The van der Waals surface area contributed by atoms with Gasteiger partial charge in [-0.25, -0.2) is 4.39 Å². The molecule has 22 heavy (non-hydrogen) atoms. The lowest BCUT2D eigenvalue weighted by Crippen LogP contribution is -2.39. The molecular weight excluding hydrogens is 301 g/mol. The van der Waals surface area contributed by atoms with Crippen LogP contribution in [-0.2, 0) is 9.53 Å². The molecule has 2 aromatic rings. The summed E-state index contributed by atoms with van der Waals surface area (Å²) in [5.74, 6) is -0.242. The number of nitrogens with zero attached hydrogens (tertiary/aromatic N) is 1. The van der Waals surface area contributed by atoms with Crippen LogP contribution in [0.15, 0.2) is 42.5 Å². The summed E-state index contributed by atoms with van der Waals surface area (Å²) in [5, 5.41) is 0. The van der Waals surface area contributed by atoms with Gasteiger partial charge >= 0.3 is 0 Å². The molecule has 0 aliphatic carbocycles. The molecule has 2 heterocycles. The molecule has 0 saturated carbocycles. The summed E-state index contributed by atoms with van der Waals surface area (Å²) >= 11 is 1.47. The highest BCUT2D eigenvalue weighted by molar-refractivity contribution is 7.16. The maximum absolute atomic E-state index is 13.8. The van der Waals surface area contributed by atoms with Gasteiger partial charge in [0.1, 0.15) is 5.82 Å². The third kappa shape index (κ3) is 3.43. The molecule has 5 heteroatoms. The van der Waals surface area contributed by atoms with Crippen molar-refractivity contribution in [3.05, 3.63) is 53.2 Å². The van der Waals surface area contributed by atoms with Gasteiger partial charge in [-0.1, -0.05) is 18.2 Å². The molecule has 0 unspecified atom stereocenters. The van der Waals surface area contributed by atoms with Crippen LogP contribution in [0.4, 0.5) is 4.39 Å². The maximum atomic E-state index is 13.8. The minimum Gasteiger partial charge on any atom is -0.378 e. The standard InChI is InChI=1S/C17H16FNO2S/c18-15-4-2-1-3-14(15)16-7-5-13(22-16)6-8-17(20)19-9-11-21-12-10-19/h1-8H,9-12H2/b8-6-. The summed E-state index contributed by atoms with van der Waals surface area (Å²) in [6.45, 7) is 2.45. The summed E-state index contributed by atoms with van der Waals surface area (Å²) in [5.41, 5.74) is 0.589. The molecule has 1 saturated heterocycles. The first-order chi connectivity index (χ1) is 10.7. The second kappa shape index (κ2) is 6.85. The fourth-order valence-electron chi connectivity index (χ4n) is 2.29. The lowest BCUT2D eigenvalue weighted by atomic mass is 10.2. The Bertz CT molecular complexity index is 689. The van der Waals surface area contributed by atoms with Gasteiger partial charge in [-0.15, -0.1) is 11.3 Å². The summed E-state index contributed by atoms with van der Waals surface area (Å²) in [6, 6.07) is 10.5. The summed E-state index contributed by atoms with van der Waals surface area (Å²) < 4.78 is 19.0. The highest BCUT2D eigenvalue weighted by Gasteiger charge is 2.14. The van der Waals surface area contributed by atoms with Crippen LogP contribution in [0.5, 0.6) is 0 Å². The van der Waals surface area contributed by atoms with Gasteiger partial charge in [-0.3, -0.25) is 4.79 Å². The van der Waals surface area contributed by atoms with Gasteiger partial charge in [0.25, 0.3) is 0 Å². The van der Waals surface area contributed by atoms with Gasteiger partial charge in [-0.2, -0.15) is 0 Å². The van der Waals surface area contributed by atoms with E-state index < -0.39 is 0 Å². The number of carbonyl (C=O) groups is 1. The van der Waals surface area contributed by atoms with Gasteiger partial charge in [0, 0.05) is 34.5 Å². The van der Waals surface area contributed by atoms with Crippen molar-refractivity contribution in [1.82, 2.24) is 4.90 Å². The normalized spacial score (nSPS) is 15.4. The van der Waals surface area contributed by atoms with Crippen molar-refractivity contribution in [3.63, 3.8) is 0 Å². The molecule has 0 bridgehead atoms. The molecule has 0 atom stereocenters. The molecule has 3 nitrogen and oxygen atoms in total. The number of hydrogen-bond acceptors (Lipinski definition) is 3. The van der Waals surface area contributed by atoms with E-state index in [1.807, 2.05) is 18.2 Å². The largest absolute Gasteiger partial charge is 0.378 e. The zero-order valence-electron chi connectivity index (χ0n) is 12.0. The van der Waals surface area contributed by atoms with Gasteiger partial charge < -0.3 is 9.64 Å². The molecule has 3 rings (SSSR count). The number of thiophene rings is 1. The number of hydrogen-bond donors (Lipinski definition) is 0. The Morgan fingerprint density at radius 3 is 2.73 bits per heavy atom. The number of carbonyl (C=O) groups excluding carboxylic acids is 1. The molecule has 1 aliphatic rings. The summed E-state index contributed by atoms with van der Waals surface area (Å²) in [6.07, 6.45) is 3.36. The van der Waals surface area contributed by atoms with E-state index in [1.165, 1.54) is 17.4 Å². The number of ether oxygens (including phenoxy) is 1. The van der Waals surface area contributed by atoms with Gasteiger partial charge in [0.2, 0.25) is 5.91 Å². The Kier molecular flexibility index (Phi) is 4.65. The molecule has 0 radical (unpaired) electrons. The van der Waals surface area contributed by atoms with Gasteiger partial charge in [0.15, 0.2) is 0 Å². The minimum absolute atomic E-state index is 0.0101. The Balaban J connectivity index is 1.70. The molecule has 1 aliphatic heterocycles. The third-order valence-corrected chi connectivity index (χ3v) is 4.56. The Hall–Kier alpha value is -1.98. The first-order valence-electron chi connectivity index (χ1n) is 7.13. The van der Waals surface area contributed by atoms with Crippen molar-refractivity contribution in [2.45, 2.75) is 0 Å². The van der Waals surface area contributed by atoms with Gasteiger partial charge in [0.05, 0.1) is 13.2 Å². The number of amides is 1. The minimum atomic E-state index is -0.232. The van der Waals surface area contributed by atoms with Crippen molar-refractivity contribution in [1.29, 1.82) is 0 Å². The van der Waals surface area contributed by atoms with Gasteiger partial charge in [-0.05, 0) is 24.3 Å². The Morgan fingerprint density at radius 2 is 1.95 bits per heavy atom. The van der Waals surface area contributed by atoms with Crippen molar-refractivity contribution < 1.29 is 13.9 Å². The fourth-order valence-corrected chi connectivity index (χ4v) is 3.23. The smallest absolute Gasteiger partial charge is 0.246 e. The average Bonchev–Trinajstić information content (AvgIpc) is 3.02. The van der Waals surface area contributed by atoms with Crippen LogP contribution in [-0.4, -0.2) is 37.1 Å². The Morgan fingerprint density at radius 1 is 1.18 bits per heavy atom. The predicted octanol–water partition coefficient (Wildman–Crippen LogP) is 3.43. The number of halogens is 1. The van der Waals surface area contributed by atoms with Crippen LogP contribution in [0.3, 0.4) is 0 Å². The number of morpholine rings is 1. The molecule has 0 spiro atoms. The highest BCUT2D eigenvalue weighted by atomic mass is 32.1. The number of benzene rings is 1. The third-order valence-electron chi connectivity index (χ3n) is 3.48.